The molecule has 0 amide bonds. The predicted molar refractivity (Wildman–Crippen MR) is 78.6 cm³/mol. The van der Waals surface area contributed by atoms with Gasteiger partial charge in [0.1, 0.15) is 0 Å². The third-order valence-electron chi connectivity index (χ3n) is 4.62. The van der Waals surface area contributed by atoms with Crippen molar-refractivity contribution in [3.05, 3.63) is 34.9 Å². The van der Waals surface area contributed by atoms with Crippen LogP contribution >= 0.6 is 11.6 Å². The highest BCUT2D eigenvalue weighted by Crippen LogP contribution is 2.42. The van der Waals surface area contributed by atoms with Gasteiger partial charge in [0.15, 0.2) is 0 Å². The molecule has 3 rings (SSSR count). The number of hydrogen-bond acceptors (Lipinski definition) is 2. The number of ether oxygens (including phenoxy) is 1. The molecule has 1 N–H and O–H groups in total. The minimum absolute atomic E-state index is 0.204. The fraction of sp³-hybridized carbons (Fsp3) is 0.625. The molecule has 1 unspecified atom stereocenters. The van der Waals surface area contributed by atoms with Gasteiger partial charge >= 0.3 is 0 Å². The Kier molecular flexibility index (Phi) is 3.84. The van der Waals surface area contributed by atoms with Gasteiger partial charge in [0.05, 0.1) is 5.60 Å². The van der Waals surface area contributed by atoms with Crippen molar-refractivity contribution in [2.24, 2.45) is 0 Å². The van der Waals surface area contributed by atoms with E-state index in [1.54, 1.807) is 0 Å². The summed E-state index contributed by atoms with van der Waals surface area (Å²) < 4.78 is 5.98. The van der Waals surface area contributed by atoms with Gasteiger partial charge in [-0.1, -0.05) is 29.8 Å². The molecule has 3 heteroatoms. The van der Waals surface area contributed by atoms with Gasteiger partial charge in [-0.25, -0.2) is 0 Å². The minimum atomic E-state index is 0.204. The lowest BCUT2D eigenvalue weighted by molar-refractivity contribution is -0.136. The number of halogens is 1. The molecule has 2 atom stereocenters. The van der Waals surface area contributed by atoms with Crippen molar-refractivity contribution < 1.29 is 4.74 Å². The van der Waals surface area contributed by atoms with Crippen molar-refractivity contribution >= 4 is 11.6 Å². The maximum atomic E-state index is 6.27. The summed E-state index contributed by atoms with van der Waals surface area (Å²) in [4.78, 5) is 0. The Balaban J connectivity index is 1.63. The van der Waals surface area contributed by atoms with Crippen LogP contribution in [0.15, 0.2) is 24.3 Å². The summed E-state index contributed by atoms with van der Waals surface area (Å²) in [6, 6.07) is 8.96. The van der Waals surface area contributed by atoms with E-state index in [1.807, 2.05) is 12.1 Å². The Hall–Kier alpha value is -0.570. The molecule has 1 saturated heterocycles. The van der Waals surface area contributed by atoms with E-state index in [1.165, 1.54) is 24.8 Å². The molecule has 1 aliphatic carbocycles. The minimum Gasteiger partial charge on any atom is -0.375 e. The third kappa shape index (κ3) is 2.81. The van der Waals surface area contributed by atoms with E-state index in [2.05, 4.69) is 24.4 Å². The standard InChI is InChI=1S/C16H22ClNO/c1-12(14-5-2-3-6-15(14)17)18-13-7-10-19-16(11-13)8-4-9-16/h2-3,5-6,12-13,18H,4,7-11H2,1H3/t12-,13?/m0/s1. The molecule has 1 saturated carbocycles. The lowest BCUT2D eigenvalue weighted by Gasteiger charge is -2.47. The molecule has 2 nitrogen and oxygen atoms in total. The van der Waals surface area contributed by atoms with Crippen LogP contribution in [0.4, 0.5) is 0 Å². The van der Waals surface area contributed by atoms with Gasteiger partial charge in [0.25, 0.3) is 0 Å². The van der Waals surface area contributed by atoms with Crippen molar-refractivity contribution in [3.63, 3.8) is 0 Å². The zero-order chi connectivity index (χ0) is 13.3. The lowest BCUT2D eigenvalue weighted by Crippen LogP contribution is -2.51. The first-order chi connectivity index (χ1) is 9.19. The van der Waals surface area contributed by atoms with Crippen LogP contribution in [0.2, 0.25) is 5.02 Å². The summed E-state index contributed by atoms with van der Waals surface area (Å²) in [5.74, 6) is 0. The fourth-order valence-electron chi connectivity index (χ4n) is 3.36. The van der Waals surface area contributed by atoms with Crippen LogP contribution in [0.25, 0.3) is 0 Å². The summed E-state index contributed by atoms with van der Waals surface area (Å²) in [5, 5.41) is 4.59. The van der Waals surface area contributed by atoms with Crippen molar-refractivity contribution in [3.8, 4) is 0 Å². The van der Waals surface area contributed by atoms with Gasteiger partial charge in [-0.05, 0) is 50.7 Å². The topological polar surface area (TPSA) is 21.3 Å². The SMILES string of the molecule is C[C@H](NC1CCOC2(CCC2)C1)c1ccccc1Cl. The number of rotatable bonds is 3. The summed E-state index contributed by atoms with van der Waals surface area (Å²) in [7, 11) is 0. The van der Waals surface area contributed by atoms with Crippen LogP contribution in [-0.2, 0) is 4.74 Å². The van der Waals surface area contributed by atoms with E-state index in [4.69, 9.17) is 16.3 Å². The van der Waals surface area contributed by atoms with E-state index in [0.717, 1.165) is 24.5 Å². The van der Waals surface area contributed by atoms with E-state index in [9.17, 15) is 0 Å². The highest BCUT2D eigenvalue weighted by atomic mass is 35.5. The molecule has 1 heterocycles. The van der Waals surface area contributed by atoms with Gasteiger partial charge in [0.2, 0.25) is 0 Å². The molecule has 0 bridgehead atoms. The van der Waals surface area contributed by atoms with Gasteiger partial charge in [-0.3, -0.25) is 0 Å². The smallest absolute Gasteiger partial charge is 0.0697 e. The van der Waals surface area contributed by atoms with Crippen molar-refractivity contribution in [1.29, 1.82) is 0 Å². The molecular weight excluding hydrogens is 258 g/mol. The summed E-state index contributed by atoms with van der Waals surface area (Å²) >= 11 is 6.27. The molecule has 0 radical (unpaired) electrons. The zero-order valence-corrected chi connectivity index (χ0v) is 12.2. The number of nitrogens with one attached hydrogen (secondary N) is 1. The quantitative estimate of drug-likeness (QED) is 0.900. The van der Waals surface area contributed by atoms with Gasteiger partial charge in [0, 0.05) is 23.7 Å². The predicted octanol–water partition coefficient (Wildman–Crippen LogP) is 4.09. The molecule has 2 aliphatic rings. The molecule has 1 aromatic carbocycles. The van der Waals surface area contributed by atoms with Gasteiger partial charge in [-0.15, -0.1) is 0 Å². The molecule has 0 aromatic heterocycles. The van der Waals surface area contributed by atoms with E-state index in [0.29, 0.717) is 12.1 Å². The Morgan fingerprint density at radius 3 is 2.84 bits per heavy atom. The Labute approximate surface area is 120 Å². The second-order valence-electron chi connectivity index (χ2n) is 5.98. The molecule has 1 aromatic rings. The van der Waals surface area contributed by atoms with E-state index >= 15 is 0 Å². The highest BCUT2D eigenvalue weighted by molar-refractivity contribution is 6.31. The summed E-state index contributed by atoms with van der Waals surface area (Å²) in [6.45, 7) is 3.09. The summed E-state index contributed by atoms with van der Waals surface area (Å²) in [5.41, 5.74) is 1.40. The average molecular weight is 280 g/mol. The fourth-order valence-corrected chi connectivity index (χ4v) is 3.66. The van der Waals surface area contributed by atoms with Crippen LogP contribution in [-0.4, -0.2) is 18.2 Å². The monoisotopic (exact) mass is 279 g/mol. The van der Waals surface area contributed by atoms with E-state index in [-0.39, 0.29) is 5.60 Å². The molecule has 104 valence electrons. The molecule has 1 aliphatic heterocycles. The Morgan fingerprint density at radius 1 is 1.37 bits per heavy atom. The van der Waals surface area contributed by atoms with Crippen molar-refractivity contribution in [1.82, 2.24) is 5.32 Å². The van der Waals surface area contributed by atoms with Crippen LogP contribution in [0, 0.1) is 0 Å². The maximum Gasteiger partial charge on any atom is 0.0697 e. The van der Waals surface area contributed by atoms with Gasteiger partial charge in [-0.2, -0.15) is 0 Å². The van der Waals surface area contributed by atoms with Crippen LogP contribution in [0.1, 0.15) is 50.6 Å². The molecule has 1 spiro atoms. The number of hydrogen-bond donors (Lipinski definition) is 1. The first-order valence-electron chi connectivity index (χ1n) is 7.33. The second kappa shape index (κ2) is 5.43. The van der Waals surface area contributed by atoms with E-state index < -0.39 is 0 Å². The molecular formula is C16H22ClNO. The third-order valence-corrected chi connectivity index (χ3v) is 4.96. The zero-order valence-electron chi connectivity index (χ0n) is 11.5. The first kappa shape index (κ1) is 13.4. The highest BCUT2D eigenvalue weighted by Gasteiger charge is 2.42. The van der Waals surface area contributed by atoms with Crippen molar-refractivity contribution in [2.75, 3.05) is 6.61 Å². The second-order valence-corrected chi connectivity index (χ2v) is 6.39. The van der Waals surface area contributed by atoms with Crippen LogP contribution < -0.4 is 5.32 Å². The lowest BCUT2D eigenvalue weighted by atomic mass is 9.74. The van der Waals surface area contributed by atoms with Crippen LogP contribution in [0.3, 0.4) is 0 Å². The average Bonchev–Trinajstić information content (AvgIpc) is 2.37. The normalized spacial score (nSPS) is 26.9. The Bertz CT molecular complexity index is 444. The molecule has 19 heavy (non-hydrogen) atoms. The van der Waals surface area contributed by atoms with Crippen LogP contribution in [0.5, 0.6) is 0 Å². The van der Waals surface area contributed by atoms with Crippen molar-refractivity contribution in [2.45, 2.75) is 56.7 Å². The Morgan fingerprint density at radius 2 is 2.16 bits per heavy atom. The first-order valence-corrected chi connectivity index (χ1v) is 7.71. The maximum absolute atomic E-state index is 6.27. The number of benzene rings is 1. The largest absolute Gasteiger partial charge is 0.375 e. The molecule has 2 fully saturated rings. The summed E-state index contributed by atoms with van der Waals surface area (Å²) in [6.07, 6.45) is 6.07. The van der Waals surface area contributed by atoms with Gasteiger partial charge < -0.3 is 10.1 Å².